The second-order valence-electron chi connectivity index (χ2n) is 0.816. The molecule has 0 rings (SSSR count). The predicted octanol–water partition coefficient (Wildman–Crippen LogP) is -4.41. The summed E-state index contributed by atoms with van der Waals surface area (Å²) in [7, 11) is 0. The molecule has 48 valence electrons. The minimum Gasteiger partial charge on any atom is -2.00 e. The summed E-state index contributed by atoms with van der Waals surface area (Å²) in [5.41, 5.74) is 0. The first-order valence-electron chi connectivity index (χ1n) is 1.63. The SMILES string of the molecule is CSC.CSC.[Na+].[Na+].[Se-2]. The van der Waals surface area contributed by atoms with E-state index < -0.39 is 0 Å². The third kappa shape index (κ3) is 92.0. The van der Waals surface area contributed by atoms with E-state index in [9.17, 15) is 0 Å². The summed E-state index contributed by atoms with van der Waals surface area (Å²) < 4.78 is 0. The van der Waals surface area contributed by atoms with Crippen LogP contribution in [-0.4, -0.2) is 42.1 Å². The molecule has 0 atom stereocenters. The van der Waals surface area contributed by atoms with E-state index in [4.69, 9.17) is 0 Å². The van der Waals surface area contributed by atoms with Crippen LogP contribution in [0.25, 0.3) is 0 Å². The predicted molar refractivity (Wildman–Crippen MR) is 44.6 cm³/mol. The quantitative estimate of drug-likeness (QED) is 0.398. The van der Waals surface area contributed by atoms with Crippen LogP contribution < -0.4 is 59.1 Å². The summed E-state index contributed by atoms with van der Waals surface area (Å²) in [6.07, 6.45) is 8.17. The molecule has 0 amide bonds. The van der Waals surface area contributed by atoms with Gasteiger partial charge in [-0.05, 0) is 25.0 Å². The van der Waals surface area contributed by atoms with E-state index in [0.717, 1.165) is 0 Å². The third-order valence-electron chi connectivity index (χ3n) is 0. The van der Waals surface area contributed by atoms with Crippen molar-refractivity contribution < 1.29 is 59.1 Å². The van der Waals surface area contributed by atoms with Crippen LogP contribution in [-0.2, 0) is 0 Å². The minimum atomic E-state index is 0. The summed E-state index contributed by atoms with van der Waals surface area (Å²) in [5, 5.41) is 0. The molecular weight excluding hydrogens is 237 g/mol. The molecule has 5 heteroatoms. The van der Waals surface area contributed by atoms with Gasteiger partial charge in [0.15, 0.2) is 0 Å². The van der Waals surface area contributed by atoms with Gasteiger partial charge >= 0.3 is 59.1 Å². The van der Waals surface area contributed by atoms with E-state index in [1.165, 1.54) is 0 Å². The first-order valence-corrected chi connectivity index (χ1v) is 4.90. The Kier molecular flexibility index (Phi) is 141. The maximum atomic E-state index is 2.04. The van der Waals surface area contributed by atoms with E-state index in [0.29, 0.717) is 0 Å². The normalized spacial score (nSPS) is 4.00. The first kappa shape index (κ1) is 29.5. The largest absolute Gasteiger partial charge is 2.00 e. The number of thioether (sulfide) groups is 2. The number of rotatable bonds is 0. The van der Waals surface area contributed by atoms with Crippen molar-refractivity contribution in [1.82, 2.24) is 0 Å². The van der Waals surface area contributed by atoms with Crippen molar-refractivity contribution in [3.63, 3.8) is 0 Å². The van der Waals surface area contributed by atoms with Crippen molar-refractivity contribution in [3.8, 4) is 0 Å². The Morgan fingerprint density at radius 3 is 0.667 bits per heavy atom. The molecule has 0 radical (unpaired) electrons. The number of hydrogen-bond acceptors (Lipinski definition) is 2. The monoisotopic (exact) mass is 250 g/mol. The van der Waals surface area contributed by atoms with Gasteiger partial charge in [-0.3, -0.25) is 0 Å². The second-order valence-corrected chi connectivity index (χ2v) is 2.45. The van der Waals surface area contributed by atoms with Crippen LogP contribution in [0.4, 0.5) is 0 Å². The van der Waals surface area contributed by atoms with Crippen molar-refractivity contribution in [1.29, 1.82) is 0 Å². The van der Waals surface area contributed by atoms with Crippen molar-refractivity contribution >= 4 is 40.6 Å². The van der Waals surface area contributed by atoms with Gasteiger partial charge in [0, 0.05) is 0 Å². The van der Waals surface area contributed by atoms with E-state index in [2.05, 4.69) is 0 Å². The van der Waals surface area contributed by atoms with Crippen LogP contribution in [0, 0.1) is 0 Å². The van der Waals surface area contributed by atoms with Gasteiger partial charge in [0.25, 0.3) is 0 Å². The molecule has 0 aromatic rings. The Hall–Kier alpha value is 3.22. The first-order chi connectivity index (χ1) is 2.83. The van der Waals surface area contributed by atoms with Crippen molar-refractivity contribution in [3.05, 3.63) is 0 Å². The summed E-state index contributed by atoms with van der Waals surface area (Å²) in [4.78, 5) is 0. The molecule has 0 unspecified atom stereocenters. The van der Waals surface area contributed by atoms with Gasteiger partial charge < -0.3 is 17.1 Å². The van der Waals surface area contributed by atoms with Crippen molar-refractivity contribution in [2.45, 2.75) is 0 Å². The Morgan fingerprint density at radius 2 is 0.667 bits per heavy atom. The third-order valence-corrected chi connectivity index (χ3v) is 0. The zero-order valence-corrected chi connectivity index (χ0v) is 14.6. The molecule has 0 fully saturated rings. The van der Waals surface area contributed by atoms with Crippen molar-refractivity contribution in [2.24, 2.45) is 0 Å². The maximum absolute atomic E-state index is 2.04. The smallest absolute Gasteiger partial charge is 1.00 e. The van der Waals surface area contributed by atoms with E-state index in [-0.39, 0.29) is 76.2 Å². The topological polar surface area (TPSA) is 0 Å². The average molecular weight is 249 g/mol. The molecule has 0 aromatic carbocycles. The Morgan fingerprint density at radius 1 is 0.667 bits per heavy atom. The molecule has 0 aliphatic heterocycles. The fourth-order valence-corrected chi connectivity index (χ4v) is 0. The van der Waals surface area contributed by atoms with E-state index in [1.807, 2.05) is 25.0 Å². The Labute approximate surface area is 123 Å². The average Bonchev–Trinajstić information content (AvgIpc) is 1.39. The van der Waals surface area contributed by atoms with Gasteiger partial charge in [-0.15, -0.1) is 0 Å². The van der Waals surface area contributed by atoms with Crippen molar-refractivity contribution in [2.75, 3.05) is 25.0 Å². The van der Waals surface area contributed by atoms with E-state index in [1.54, 1.807) is 23.5 Å². The van der Waals surface area contributed by atoms with Crippen LogP contribution in [0.1, 0.15) is 0 Å². The molecule has 0 heterocycles. The van der Waals surface area contributed by atoms with Crippen LogP contribution in [0.3, 0.4) is 0 Å². The molecular formula is C4H12Na2S2Se. The van der Waals surface area contributed by atoms with Gasteiger partial charge in [-0.25, -0.2) is 0 Å². The van der Waals surface area contributed by atoms with Crippen LogP contribution >= 0.6 is 23.5 Å². The van der Waals surface area contributed by atoms with Gasteiger partial charge in [0.05, 0.1) is 0 Å². The van der Waals surface area contributed by atoms with Crippen LogP contribution in [0.2, 0.25) is 0 Å². The summed E-state index contributed by atoms with van der Waals surface area (Å²) in [6, 6.07) is 0. The molecule has 0 bridgehead atoms. The second kappa shape index (κ2) is 43.0. The molecule has 9 heavy (non-hydrogen) atoms. The molecule has 0 aromatic heterocycles. The summed E-state index contributed by atoms with van der Waals surface area (Å²) >= 11 is 3.50. The van der Waals surface area contributed by atoms with Gasteiger partial charge in [-0.1, -0.05) is 0 Å². The maximum Gasteiger partial charge on any atom is 1.00 e. The zero-order chi connectivity index (χ0) is 5.41. The number of hydrogen-bond donors (Lipinski definition) is 0. The fraction of sp³-hybridized carbons (Fsp3) is 1.00. The van der Waals surface area contributed by atoms with Gasteiger partial charge in [-0.2, -0.15) is 23.5 Å². The fourth-order valence-electron chi connectivity index (χ4n) is 0. The Balaban J connectivity index is -0.00000000889. The van der Waals surface area contributed by atoms with E-state index >= 15 is 0 Å². The summed E-state index contributed by atoms with van der Waals surface area (Å²) in [6.45, 7) is 0. The zero-order valence-electron chi connectivity index (χ0n) is 7.22. The van der Waals surface area contributed by atoms with Crippen LogP contribution in [0.15, 0.2) is 0 Å². The standard InChI is InChI=1S/2C2H6S.2Na.Se/c2*1-3-2;;;/h2*1-2H3;;;/q;;2*+1;-2. The molecule has 0 N–H and O–H groups in total. The molecule has 0 aliphatic carbocycles. The van der Waals surface area contributed by atoms with Gasteiger partial charge in [0.2, 0.25) is 0 Å². The minimum absolute atomic E-state index is 0. The van der Waals surface area contributed by atoms with Crippen LogP contribution in [0.5, 0.6) is 0 Å². The Bertz CT molecular complexity index is 18.5. The molecule has 0 saturated heterocycles. The summed E-state index contributed by atoms with van der Waals surface area (Å²) in [5.74, 6) is 0. The molecule has 0 aliphatic rings. The molecule has 0 saturated carbocycles. The molecule has 0 nitrogen and oxygen atoms in total. The molecule has 0 spiro atoms. The van der Waals surface area contributed by atoms with Gasteiger partial charge in [0.1, 0.15) is 0 Å².